The number of halogens is 1. The predicted octanol–water partition coefficient (Wildman–Crippen LogP) is 1.62. The van der Waals surface area contributed by atoms with Crippen LogP contribution in [0.15, 0.2) is 40.3 Å². The Labute approximate surface area is 157 Å². The van der Waals surface area contributed by atoms with E-state index in [0.717, 1.165) is 18.2 Å². The molecule has 142 valence electrons. The number of fused-ring (bicyclic) bond motifs is 1. The number of phenols is 1. The van der Waals surface area contributed by atoms with Crippen LogP contribution in [-0.2, 0) is 20.2 Å². The van der Waals surface area contributed by atoms with E-state index in [2.05, 4.69) is 20.7 Å². The van der Waals surface area contributed by atoms with Gasteiger partial charge in [-0.3, -0.25) is 9.11 Å². The fourth-order valence-electron chi connectivity index (χ4n) is 2.33. The normalized spacial score (nSPS) is 12.3. The lowest BCUT2D eigenvalue weighted by molar-refractivity contribution is 0.471. The minimum absolute atomic E-state index is 0.0326. The molecule has 2 aromatic carbocycles. The van der Waals surface area contributed by atoms with Crippen molar-refractivity contribution in [2.24, 2.45) is 0 Å². The highest BCUT2D eigenvalue weighted by atomic mass is 35.5. The van der Waals surface area contributed by atoms with Crippen LogP contribution in [0, 0.1) is 0 Å². The zero-order valence-corrected chi connectivity index (χ0v) is 15.3. The van der Waals surface area contributed by atoms with Crippen LogP contribution in [-0.4, -0.2) is 46.5 Å². The number of anilines is 2. The Hall–Kier alpha value is -2.58. The van der Waals surface area contributed by atoms with Gasteiger partial charge in [0, 0.05) is 17.5 Å². The van der Waals surface area contributed by atoms with Crippen molar-refractivity contribution >= 4 is 54.1 Å². The van der Waals surface area contributed by atoms with Gasteiger partial charge >= 0.3 is 0 Å². The van der Waals surface area contributed by atoms with Crippen LogP contribution in [0.2, 0.25) is 5.02 Å². The van der Waals surface area contributed by atoms with Crippen LogP contribution in [0.25, 0.3) is 10.8 Å². The molecule has 0 aliphatic carbocycles. The van der Waals surface area contributed by atoms with E-state index >= 15 is 0 Å². The lowest BCUT2D eigenvalue weighted by Gasteiger charge is -2.15. The van der Waals surface area contributed by atoms with E-state index in [9.17, 15) is 26.5 Å². The summed E-state index contributed by atoms with van der Waals surface area (Å²) in [6.07, 6.45) is 1.26. The molecule has 0 spiro atoms. The summed E-state index contributed by atoms with van der Waals surface area (Å²) in [5, 5.41) is 22.5. The van der Waals surface area contributed by atoms with Crippen LogP contribution in [0.3, 0.4) is 0 Å². The number of aromatic nitrogens is 3. The van der Waals surface area contributed by atoms with Gasteiger partial charge in [0.05, 0.1) is 21.8 Å². The van der Waals surface area contributed by atoms with Gasteiger partial charge in [-0.2, -0.15) is 16.8 Å². The number of rotatable bonds is 4. The summed E-state index contributed by atoms with van der Waals surface area (Å²) in [7, 11) is -9.53. The highest BCUT2D eigenvalue weighted by molar-refractivity contribution is 7.86. The molecule has 0 atom stereocenters. The quantitative estimate of drug-likeness (QED) is 0.440. The molecule has 1 aromatic heterocycles. The lowest BCUT2D eigenvalue weighted by Crippen LogP contribution is -2.06. The molecular weight excluding hydrogens is 424 g/mol. The van der Waals surface area contributed by atoms with Crippen LogP contribution in [0.4, 0.5) is 11.5 Å². The van der Waals surface area contributed by atoms with Gasteiger partial charge < -0.3 is 10.4 Å². The van der Waals surface area contributed by atoms with Crippen molar-refractivity contribution in [2.45, 2.75) is 9.79 Å². The van der Waals surface area contributed by atoms with E-state index in [4.69, 9.17) is 16.2 Å². The largest absolute Gasteiger partial charge is 0.507 e. The predicted molar refractivity (Wildman–Crippen MR) is 93.4 cm³/mol. The average Bonchev–Trinajstić information content (AvgIpc) is 2.55. The molecule has 0 saturated carbocycles. The van der Waals surface area contributed by atoms with Gasteiger partial charge in [0.25, 0.3) is 20.2 Å². The molecule has 0 amide bonds. The number of hydrogen-bond donors (Lipinski definition) is 4. The molecule has 11 nitrogen and oxygen atoms in total. The molecule has 0 aliphatic heterocycles. The summed E-state index contributed by atoms with van der Waals surface area (Å²) in [5.41, 5.74) is -0.331. The van der Waals surface area contributed by atoms with Gasteiger partial charge in [-0.1, -0.05) is 11.6 Å². The van der Waals surface area contributed by atoms with E-state index in [1.165, 1.54) is 12.3 Å². The van der Waals surface area contributed by atoms with Crippen molar-refractivity contribution in [1.29, 1.82) is 0 Å². The third-order valence-corrected chi connectivity index (χ3v) is 5.51. The Balaban J connectivity index is 2.38. The Kier molecular flexibility index (Phi) is 4.65. The van der Waals surface area contributed by atoms with Crippen molar-refractivity contribution in [3.8, 4) is 5.75 Å². The molecular formula is C13H9ClN4O7S2. The molecule has 0 aliphatic rings. The number of nitrogens with one attached hydrogen (secondary N) is 1. The third kappa shape index (κ3) is 3.77. The summed E-state index contributed by atoms with van der Waals surface area (Å²) in [5.74, 6) is -0.610. The molecule has 14 heteroatoms. The van der Waals surface area contributed by atoms with Crippen molar-refractivity contribution in [1.82, 2.24) is 15.4 Å². The van der Waals surface area contributed by atoms with Gasteiger partial charge in [-0.05, 0) is 22.7 Å². The molecule has 0 fully saturated rings. The van der Waals surface area contributed by atoms with Gasteiger partial charge in [0.15, 0.2) is 5.82 Å². The standard InChI is InChI=1S/C13H9ClN4O7S2/c14-12-11-6(3-7(5-8(11)19)26(20,21)22)4-9(27(23,24)25)13(12)16-10-1-2-15-18-17-10/h1-5,19H,(H,15,16,17)(H,20,21,22)(H,23,24,25). The maximum atomic E-state index is 11.8. The highest BCUT2D eigenvalue weighted by Crippen LogP contribution is 2.42. The van der Waals surface area contributed by atoms with E-state index in [-0.39, 0.29) is 27.3 Å². The number of nitrogens with zero attached hydrogens (tertiary/aromatic N) is 3. The Morgan fingerprint density at radius 2 is 1.74 bits per heavy atom. The summed E-state index contributed by atoms with van der Waals surface area (Å²) >= 11 is 6.20. The zero-order chi connectivity index (χ0) is 20.0. The maximum Gasteiger partial charge on any atom is 0.296 e. The number of benzene rings is 2. The monoisotopic (exact) mass is 432 g/mol. The Morgan fingerprint density at radius 1 is 1.04 bits per heavy atom. The van der Waals surface area contributed by atoms with E-state index in [1.807, 2.05) is 0 Å². The second kappa shape index (κ2) is 6.54. The Bertz CT molecular complexity index is 1270. The molecule has 0 saturated heterocycles. The fourth-order valence-corrected chi connectivity index (χ4v) is 3.96. The maximum absolute atomic E-state index is 11.8. The summed E-state index contributed by atoms with van der Waals surface area (Å²) in [6, 6.07) is 3.85. The van der Waals surface area contributed by atoms with E-state index < -0.39 is 35.8 Å². The van der Waals surface area contributed by atoms with Crippen LogP contribution >= 0.6 is 11.6 Å². The van der Waals surface area contributed by atoms with Crippen molar-refractivity contribution < 1.29 is 31.0 Å². The minimum Gasteiger partial charge on any atom is -0.507 e. The third-order valence-electron chi connectivity index (χ3n) is 3.43. The van der Waals surface area contributed by atoms with Crippen molar-refractivity contribution in [3.05, 3.63) is 35.5 Å². The van der Waals surface area contributed by atoms with Gasteiger partial charge in [-0.25, -0.2) is 0 Å². The Morgan fingerprint density at radius 3 is 2.30 bits per heavy atom. The van der Waals surface area contributed by atoms with Crippen LogP contribution in [0.1, 0.15) is 0 Å². The van der Waals surface area contributed by atoms with E-state index in [0.29, 0.717) is 0 Å². The summed E-state index contributed by atoms with van der Waals surface area (Å²) in [4.78, 5) is -1.41. The van der Waals surface area contributed by atoms with Crippen LogP contribution < -0.4 is 5.32 Å². The first-order valence-corrected chi connectivity index (χ1v) is 10.1. The number of phenolic OH excluding ortho intramolecular Hbond substituents is 1. The zero-order valence-electron chi connectivity index (χ0n) is 12.9. The highest BCUT2D eigenvalue weighted by Gasteiger charge is 2.24. The molecule has 0 unspecified atom stereocenters. The summed E-state index contributed by atoms with van der Waals surface area (Å²) < 4.78 is 64.9. The first kappa shape index (κ1) is 19.2. The van der Waals surface area contributed by atoms with Crippen molar-refractivity contribution in [2.75, 3.05) is 5.32 Å². The molecule has 0 radical (unpaired) electrons. The SMILES string of the molecule is O=S(=O)(O)c1cc(O)c2c(Cl)c(Nc3ccnnn3)c(S(=O)(=O)O)cc2c1. The first-order valence-electron chi connectivity index (χ1n) is 6.84. The molecule has 3 aromatic rings. The first-order chi connectivity index (χ1) is 12.5. The van der Waals surface area contributed by atoms with E-state index in [1.54, 1.807) is 0 Å². The van der Waals surface area contributed by atoms with Crippen LogP contribution in [0.5, 0.6) is 5.75 Å². The second-order valence-electron chi connectivity index (χ2n) is 5.19. The van der Waals surface area contributed by atoms with Gasteiger partial charge in [0.1, 0.15) is 10.6 Å². The molecule has 4 N–H and O–H groups in total. The molecule has 0 bridgehead atoms. The topological polar surface area (TPSA) is 180 Å². The second-order valence-corrected chi connectivity index (χ2v) is 8.37. The lowest BCUT2D eigenvalue weighted by atomic mass is 10.1. The smallest absolute Gasteiger partial charge is 0.296 e. The molecule has 1 heterocycles. The average molecular weight is 433 g/mol. The minimum atomic E-state index is -4.83. The molecule has 27 heavy (non-hydrogen) atoms. The summed E-state index contributed by atoms with van der Waals surface area (Å²) in [6.45, 7) is 0. The molecule has 3 rings (SSSR count). The number of aromatic hydroxyl groups is 1. The fraction of sp³-hybridized carbons (Fsp3) is 0. The van der Waals surface area contributed by atoms with Gasteiger partial charge in [-0.15, -0.1) is 10.2 Å². The van der Waals surface area contributed by atoms with Gasteiger partial charge in [0.2, 0.25) is 0 Å². The number of hydrogen-bond acceptors (Lipinski definition) is 9. The van der Waals surface area contributed by atoms with Crippen molar-refractivity contribution in [3.63, 3.8) is 0 Å².